The van der Waals surface area contributed by atoms with Gasteiger partial charge in [0.2, 0.25) is 0 Å². The SMILES string of the molecule is CCOC(=O)c1ccc2c(c1)NC(=O)/C2=C(\Nc1ccc(N(C)C(=O)N(C)C)cc1)c1ccccc1. The topological polar surface area (TPSA) is 91.0 Å². The second-order valence-electron chi connectivity index (χ2n) is 8.46. The fraction of sp³-hybridized carbons (Fsp3) is 0.179. The van der Waals surface area contributed by atoms with Crippen LogP contribution in [-0.4, -0.2) is 50.6 Å². The monoisotopic (exact) mass is 484 g/mol. The van der Waals surface area contributed by atoms with Gasteiger partial charge in [0.25, 0.3) is 5.91 Å². The van der Waals surface area contributed by atoms with Crippen LogP contribution >= 0.6 is 0 Å². The molecule has 4 rings (SSSR count). The first kappa shape index (κ1) is 24.5. The minimum atomic E-state index is -0.439. The third-order valence-corrected chi connectivity index (χ3v) is 5.78. The van der Waals surface area contributed by atoms with E-state index >= 15 is 0 Å². The van der Waals surface area contributed by atoms with Crippen LogP contribution in [0.2, 0.25) is 0 Å². The van der Waals surface area contributed by atoms with Gasteiger partial charge in [-0.3, -0.25) is 9.69 Å². The number of carbonyl (C=O) groups is 3. The number of nitrogens with zero attached hydrogens (tertiary/aromatic N) is 2. The molecule has 0 atom stereocenters. The van der Waals surface area contributed by atoms with Crippen LogP contribution < -0.4 is 15.5 Å². The molecule has 8 nitrogen and oxygen atoms in total. The van der Waals surface area contributed by atoms with Gasteiger partial charge in [0.05, 0.1) is 29.1 Å². The first-order chi connectivity index (χ1) is 17.3. The highest BCUT2D eigenvalue weighted by Gasteiger charge is 2.29. The number of esters is 1. The summed E-state index contributed by atoms with van der Waals surface area (Å²) in [6.45, 7) is 2.02. The number of urea groups is 1. The Kier molecular flexibility index (Phi) is 7.05. The second kappa shape index (κ2) is 10.4. The van der Waals surface area contributed by atoms with E-state index in [4.69, 9.17) is 4.74 Å². The fourth-order valence-electron chi connectivity index (χ4n) is 3.97. The van der Waals surface area contributed by atoms with Gasteiger partial charge in [0.15, 0.2) is 0 Å². The van der Waals surface area contributed by atoms with Gasteiger partial charge < -0.3 is 20.3 Å². The quantitative estimate of drug-likeness (QED) is 0.383. The van der Waals surface area contributed by atoms with Crippen molar-refractivity contribution in [3.05, 3.63) is 89.5 Å². The minimum Gasteiger partial charge on any atom is -0.462 e. The molecular weight excluding hydrogens is 456 g/mol. The Hall–Kier alpha value is -4.59. The van der Waals surface area contributed by atoms with Crippen molar-refractivity contribution in [2.75, 3.05) is 43.3 Å². The standard InChI is InChI=1S/C28H28N4O4/c1-5-36-27(34)19-11-16-22-23(17-19)30-26(33)24(22)25(18-9-7-6-8-10-18)29-20-12-14-21(15-13-20)32(4)28(35)31(2)3/h6-17,29H,5H2,1-4H3,(H,30,33)/b25-24-. The number of rotatable bonds is 6. The number of ether oxygens (including phenoxy) is 1. The van der Waals surface area contributed by atoms with Crippen molar-refractivity contribution in [2.45, 2.75) is 6.92 Å². The average Bonchev–Trinajstić information content (AvgIpc) is 3.22. The molecule has 0 radical (unpaired) electrons. The zero-order chi connectivity index (χ0) is 25.8. The lowest BCUT2D eigenvalue weighted by atomic mass is 9.99. The maximum absolute atomic E-state index is 13.2. The van der Waals surface area contributed by atoms with E-state index in [9.17, 15) is 14.4 Å². The number of nitrogens with one attached hydrogen (secondary N) is 2. The molecule has 0 aliphatic carbocycles. The molecule has 1 aliphatic heterocycles. The molecule has 0 bridgehead atoms. The third-order valence-electron chi connectivity index (χ3n) is 5.78. The predicted molar refractivity (Wildman–Crippen MR) is 142 cm³/mol. The highest BCUT2D eigenvalue weighted by molar-refractivity contribution is 6.37. The molecule has 1 aliphatic rings. The van der Waals surface area contributed by atoms with Gasteiger partial charge in [0, 0.05) is 38.1 Å². The largest absolute Gasteiger partial charge is 0.462 e. The number of anilines is 3. The van der Waals surface area contributed by atoms with E-state index in [1.54, 1.807) is 51.2 Å². The van der Waals surface area contributed by atoms with Crippen molar-refractivity contribution < 1.29 is 19.1 Å². The zero-order valence-corrected chi connectivity index (χ0v) is 20.7. The molecule has 0 unspecified atom stereocenters. The van der Waals surface area contributed by atoms with Gasteiger partial charge >= 0.3 is 12.0 Å². The summed E-state index contributed by atoms with van der Waals surface area (Å²) >= 11 is 0. The van der Waals surface area contributed by atoms with Gasteiger partial charge in [-0.2, -0.15) is 0 Å². The molecular formula is C28H28N4O4. The summed E-state index contributed by atoms with van der Waals surface area (Å²) in [4.78, 5) is 40.7. The number of benzene rings is 3. The molecule has 0 aromatic heterocycles. The summed E-state index contributed by atoms with van der Waals surface area (Å²) in [6, 6.07) is 21.9. The molecule has 1 heterocycles. The van der Waals surface area contributed by atoms with E-state index in [-0.39, 0.29) is 18.5 Å². The van der Waals surface area contributed by atoms with E-state index in [0.717, 1.165) is 16.9 Å². The summed E-state index contributed by atoms with van der Waals surface area (Å²) in [5.41, 5.74) is 5.02. The lowest BCUT2D eigenvalue weighted by Crippen LogP contribution is -2.36. The highest BCUT2D eigenvalue weighted by Crippen LogP contribution is 2.38. The molecule has 3 aromatic carbocycles. The van der Waals surface area contributed by atoms with E-state index in [0.29, 0.717) is 28.1 Å². The Bertz CT molecular complexity index is 1330. The second-order valence-corrected chi connectivity index (χ2v) is 8.46. The molecule has 0 saturated carbocycles. The first-order valence-corrected chi connectivity index (χ1v) is 11.5. The van der Waals surface area contributed by atoms with Crippen molar-refractivity contribution >= 4 is 46.2 Å². The Balaban J connectivity index is 1.73. The Morgan fingerprint density at radius 2 is 1.61 bits per heavy atom. The van der Waals surface area contributed by atoms with Crippen molar-refractivity contribution in [3.8, 4) is 0 Å². The summed E-state index contributed by atoms with van der Waals surface area (Å²) in [5.74, 6) is -0.712. The first-order valence-electron chi connectivity index (χ1n) is 11.5. The summed E-state index contributed by atoms with van der Waals surface area (Å²) in [7, 11) is 5.12. The Labute approximate surface area is 210 Å². The molecule has 2 N–H and O–H groups in total. The number of amides is 3. The van der Waals surface area contributed by atoms with Gasteiger partial charge in [-0.05, 0) is 48.9 Å². The Morgan fingerprint density at radius 1 is 0.917 bits per heavy atom. The third kappa shape index (κ3) is 4.93. The van der Waals surface area contributed by atoms with Crippen LogP contribution in [-0.2, 0) is 9.53 Å². The zero-order valence-electron chi connectivity index (χ0n) is 20.7. The lowest BCUT2D eigenvalue weighted by molar-refractivity contribution is -0.110. The van der Waals surface area contributed by atoms with Crippen LogP contribution in [0.4, 0.5) is 21.9 Å². The van der Waals surface area contributed by atoms with E-state index in [1.165, 1.54) is 4.90 Å². The van der Waals surface area contributed by atoms with Crippen molar-refractivity contribution in [1.29, 1.82) is 0 Å². The maximum atomic E-state index is 13.2. The van der Waals surface area contributed by atoms with Gasteiger partial charge in [-0.25, -0.2) is 9.59 Å². The summed E-state index contributed by atoms with van der Waals surface area (Å²) in [5, 5.41) is 6.27. The van der Waals surface area contributed by atoms with Crippen LogP contribution in [0.1, 0.15) is 28.4 Å². The summed E-state index contributed by atoms with van der Waals surface area (Å²) in [6.07, 6.45) is 0. The number of fused-ring (bicyclic) bond motifs is 1. The number of hydrogen-bond acceptors (Lipinski definition) is 5. The molecule has 8 heteroatoms. The molecule has 0 spiro atoms. The lowest BCUT2D eigenvalue weighted by Gasteiger charge is -2.22. The average molecular weight is 485 g/mol. The summed E-state index contributed by atoms with van der Waals surface area (Å²) < 4.78 is 5.09. The van der Waals surface area contributed by atoms with E-state index in [2.05, 4.69) is 10.6 Å². The van der Waals surface area contributed by atoms with Crippen LogP contribution in [0, 0.1) is 0 Å². The molecule has 3 amide bonds. The smallest absolute Gasteiger partial charge is 0.338 e. The molecule has 36 heavy (non-hydrogen) atoms. The fourth-order valence-corrected chi connectivity index (χ4v) is 3.97. The van der Waals surface area contributed by atoms with Gasteiger partial charge in [-0.1, -0.05) is 36.4 Å². The van der Waals surface area contributed by atoms with Gasteiger partial charge in [0.1, 0.15) is 0 Å². The Morgan fingerprint density at radius 3 is 2.25 bits per heavy atom. The van der Waals surface area contributed by atoms with E-state index in [1.807, 2.05) is 54.6 Å². The van der Waals surface area contributed by atoms with Crippen molar-refractivity contribution in [3.63, 3.8) is 0 Å². The van der Waals surface area contributed by atoms with Crippen LogP contribution in [0.3, 0.4) is 0 Å². The van der Waals surface area contributed by atoms with Crippen LogP contribution in [0.25, 0.3) is 11.3 Å². The molecule has 0 fully saturated rings. The minimum absolute atomic E-state index is 0.135. The molecule has 184 valence electrons. The van der Waals surface area contributed by atoms with Crippen molar-refractivity contribution in [2.24, 2.45) is 0 Å². The molecule has 3 aromatic rings. The number of hydrogen-bond donors (Lipinski definition) is 2. The van der Waals surface area contributed by atoms with Crippen LogP contribution in [0.5, 0.6) is 0 Å². The number of carbonyl (C=O) groups excluding carboxylic acids is 3. The maximum Gasteiger partial charge on any atom is 0.338 e. The van der Waals surface area contributed by atoms with Gasteiger partial charge in [-0.15, -0.1) is 0 Å². The van der Waals surface area contributed by atoms with E-state index < -0.39 is 5.97 Å². The normalized spacial score (nSPS) is 13.4. The van der Waals surface area contributed by atoms with Crippen molar-refractivity contribution in [1.82, 2.24) is 4.90 Å². The molecule has 0 saturated heterocycles. The van der Waals surface area contributed by atoms with Crippen LogP contribution in [0.15, 0.2) is 72.8 Å². The predicted octanol–water partition coefficient (Wildman–Crippen LogP) is 4.91. The highest BCUT2D eigenvalue weighted by atomic mass is 16.5.